The Labute approximate surface area is 127 Å². The topological polar surface area (TPSA) is 41.1 Å². The van der Waals surface area contributed by atoms with Crippen LogP contribution in [0.15, 0.2) is 35.9 Å². The average Bonchev–Trinajstić information content (AvgIpc) is 2.48. The van der Waals surface area contributed by atoms with Crippen molar-refractivity contribution in [1.29, 1.82) is 0 Å². The third kappa shape index (κ3) is 4.92. The van der Waals surface area contributed by atoms with E-state index in [-0.39, 0.29) is 5.91 Å². The van der Waals surface area contributed by atoms with Crippen LogP contribution in [0.3, 0.4) is 0 Å². The maximum atomic E-state index is 12.3. The Hall–Kier alpha value is -1.77. The van der Waals surface area contributed by atoms with Crippen molar-refractivity contribution < 1.29 is 4.79 Å². The molecule has 2 rings (SSSR count). The normalized spacial score (nSPS) is 14.7. The number of amides is 1. The van der Waals surface area contributed by atoms with E-state index in [0.717, 1.165) is 24.2 Å². The van der Waals surface area contributed by atoms with Crippen LogP contribution in [-0.4, -0.2) is 18.5 Å². The molecule has 0 aromatic heterocycles. The number of nitrogens with one attached hydrogen (secondary N) is 2. The molecule has 1 aliphatic rings. The molecule has 21 heavy (non-hydrogen) atoms. The molecule has 0 bridgehead atoms. The van der Waals surface area contributed by atoms with Crippen LogP contribution in [-0.2, 0) is 0 Å². The van der Waals surface area contributed by atoms with Crippen molar-refractivity contribution in [3.8, 4) is 0 Å². The van der Waals surface area contributed by atoms with Crippen LogP contribution >= 0.6 is 0 Å². The summed E-state index contributed by atoms with van der Waals surface area (Å²) in [7, 11) is 0. The summed E-state index contributed by atoms with van der Waals surface area (Å²) in [6.45, 7) is 4.87. The predicted molar refractivity (Wildman–Crippen MR) is 88.7 cm³/mol. The van der Waals surface area contributed by atoms with Crippen molar-refractivity contribution in [3.63, 3.8) is 0 Å². The average molecular weight is 286 g/mol. The van der Waals surface area contributed by atoms with Gasteiger partial charge in [-0.2, -0.15) is 0 Å². The van der Waals surface area contributed by atoms with E-state index in [1.807, 2.05) is 24.3 Å². The molecule has 1 aliphatic carbocycles. The molecule has 0 saturated carbocycles. The fourth-order valence-electron chi connectivity index (χ4n) is 2.68. The highest BCUT2D eigenvalue weighted by Crippen LogP contribution is 2.20. The van der Waals surface area contributed by atoms with Crippen LogP contribution in [0, 0.1) is 0 Å². The van der Waals surface area contributed by atoms with Gasteiger partial charge in [0, 0.05) is 18.3 Å². The molecule has 3 nitrogen and oxygen atoms in total. The van der Waals surface area contributed by atoms with Gasteiger partial charge in [0.25, 0.3) is 5.91 Å². The summed E-state index contributed by atoms with van der Waals surface area (Å²) in [4.78, 5) is 12.3. The summed E-state index contributed by atoms with van der Waals surface area (Å²) in [5, 5.41) is 6.36. The number of rotatable bonds is 6. The van der Waals surface area contributed by atoms with Gasteiger partial charge in [-0.3, -0.25) is 4.79 Å². The monoisotopic (exact) mass is 286 g/mol. The first kappa shape index (κ1) is 15.6. The number of para-hydroxylation sites is 1. The second-order valence-corrected chi connectivity index (χ2v) is 5.96. The van der Waals surface area contributed by atoms with Gasteiger partial charge in [-0.15, -0.1) is 0 Å². The van der Waals surface area contributed by atoms with E-state index < -0.39 is 0 Å². The summed E-state index contributed by atoms with van der Waals surface area (Å²) in [5.74, 6) is 0.00941. The van der Waals surface area contributed by atoms with Crippen molar-refractivity contribution in [2.75, 3.05) is 11.9 Å². The fraction of sp³-hybridized carbons (Fsp3) is 0.500. The molecule has 0 aliphatic heterocycles. The lowest BCUT2D eigenvalue weighted by Gasteiger charge is -2.15. The Morgan fingerprint density at radius 2 is 2.05 bits per heavy atom. The maximum Gasteiger partial charge on any atom is 0.253 e. The number of carbonyl (C=O) groups is 1. The molecule has 1 aromatic rings. The molecule has 0 unspecified atom stereocenters. The van der Waals surface area contributed by atoms with Gasteiger partial charge >= 0.3 is 0 Å². The zero-order chi connectivity index (χ0) is 15.1. The molecular formula is C18H26N2O. The van der Waals surface area contributed by atoms with Crippen LogP contribution < -0.4 is 10.6 Å². The van der Waals surface area contributed by atoms with Gasteiger partial charge in [0.2, 0.25) is 0 Å². The number of anilines is 1. The number of hydrogen-bond donors (Lipinski definition) is 2. The van der Waals surface area contributed by atoms with Crippen LogP contribution in [0.2, 0.25) is 0 Å². The first-order valence-corrected chi connectivity index (χ1v) is 7.98. The van der Waals surface area contributed by atoms with E-state index >= 15 is 0 Å². The first-order valence-electron chi connectivity index (χ1n) is 7.98. The van der Waals surface area contributed by atoms with E-state index in [1.165, 1.54) is 31.3 Å². The Morgan fingerprint density at radius 1 is 1.24 bits per heavy atom. The molecule has 2 N–H and O–H groups in total. The standard InChI is InChI=1S/C18H26N2O/c1-14(2)20-17-11-7-6-10-16(17)18(21)19-13-12-15-8-4-3-5-9-15/h6-8,10-11,14,20H,3-5,9,12-13H2,1-2H3,(H,19,21). The Balaban J connectivity index is 1.89. The van der Waals surface area contributed by atoms with Gasteiger partial charge in [0.05, 0.1) is 5.56 Å². The van der Waals surface area contributed by atoms with Crippen LogP contribution in [0.1, 0.15) is 56.3 Å². The van der Waals surface area contributed by atoms with Crippen molar-refractivity contribution in [2.24, 2.45) is 0 Å². The van der Waals surface area contributed by atoms with E-state index in [1.54, 1.807) is 0 Å². The molecule has 0 fully saturated rings. The quantitative estimate of drug-likeness (QED) is 0.772. The number of hydrogen-bond acceptors (Lipinski definition) is 2. The highest BCUT2D eigenvalue weighted by molar-refractivity contribution is 5.99. The summed E-state index contributed by atoms with van der Waals surface area (Å²) in [5.41, 5.74) is 3.13. The van der Waals surface area contributed by atoms with Crippen molar-refractivity contribution in [2.45, 2.75) is 52.0 Å². The van der Waals surface area contributed by atoms with Gasteiger partial charge in [-0.25, -0.2) is 0 Å². The van der Waals surface area contributed by atoms with Gasteiger partial charge in [-0.1, -0.05) is 23.8 Å². The minimum atomic E-state index is 0.00941. The summed E-state index contributed by atoms with van der Waals surface area (Å²) >= 11 is 0. The molecule has 1 amide bonds. The van der Waals surface area contributed by atoms with Gasteiger partial charge in [0.1, 0.15) is 0 Å². The van der Waals surface area contributed by atoms with Crippen molar-refractivity contribution in [3.05, 3.63) is 41.5 Å². The van der Waals surface area contributed by atoms with E-state index in [4.69, 9.17) is 0 Å². The third-order valence-corrected chi connectivity index (χ3v) is 3.73. The van der Waals surface area contributed by atoms with Crippen molar-refractivity contribution >= 4 is 11.6 Å². The molecular weight excluding hydrogens is 260 g/mol. The molecule has 3 heteroatoms. The molecule has 1 aromatic carbocycles. The largest absolute Gasteiger partial charge is 0.382 e. The lowest BCUT2D eigenvalue weighted by Crippen LogP contribution is -2.26. The molecule has 0 heterocycles. The predicted octanol–water partition coefficient (Wildman–Crippen LogP) is 4.13. The Morgan fingerprint density at radius 3 is 2.76 bits per heavy atom. The smallest absolute Gasteiger partial charge is 0.253 e. The SMILES string of the molecule is CC(C)Nc1ccccc1C(=O)NCCC1=CCCCC1. The minimum Gasteiger partial charge on any atom is -0.382 e. The van der Waals surface area contributed by atoms with Gasteiger partial charge in [0.15, 0.2) is 0 Å². The van der Waals surface area contributed by atoms with Gasteiger partial charge < -0.3 is 10.6 Å². The Kier molecular flexibility index (Phi) is 5.85. The van der Waals surface area contributed by atoms with Crippen LogP contribution in [0.5, 0.6) is 0 Å². The van der Waals surface area contributed by atoms with E-state index in [2.05, 4.69) is 30.6 Å². The summed E-state index contributed by atoms with van der Waals surface area (Å²) < 4.78 is 0. The van der Waals surface area contributed by atoms with Gasteiger partial charge in [-0.05, 0) is 58.1 Å². The zero-order valence-corrected chi connectivity index (χ0v) is 13.1. The first-order chi connectivity index (χ1) is 10.2. The van der Waals surface area contributed by atoms with Crippen LogP contribution in [0.4, 0.5) is 5.69 Å². The summed E-state index contributed by atoms with van der Waals surface area (Å²) in [6, 6.07) is 8.00. The second-order valence-electron chi connectivity index (χ2n) is 5.96. The molecule has 114 valence electrons. The highest BCUT2D eigenvalue weighted by Gasteiger charge is 2.11. The van der Waals surface area contributed by atoms with Crippen LogP contribution in [0.25, 0.3) is 0 Å². The Bertz CT molecular complexity index is 506. The number of allylic oxidation sites excluding steroid dienone is 1. The zero-order valence-electron chi connectivity index (χ0n) is 13.1. The minimum absolute atomic E-state index is 0.00941. The molecule has 0 atom stereocenters. The lowest BCUT2D eigenvalue weighted by atomic mass is 9.97. The second kappa shape index (κ2) is 7.87. The van der Waals surface area contributed by atoms with E-state index in [9.17, 15) is 4.79 Å². The lowest BCUT2D eigenvalue weighted by molar-refractivity contribution is 0.0955. The highest BCUT2D eigenvalue weighted by atomic mass is 16.1. The third-order valence-electron chi connectivity index (χ3n) is 3.73. The van der Waals surface area contributed by atoms with E-state index in [0.29, 0.717) is 6.04 Å². The maximum absolute atomic E-state index is 12.3. The fourth-order valence-corrected chi connectivity index (χ4v) is 2.68. The summed E-state index contributed by atoms with van der Waals surface area (Å²) in [6.07, 6.45) is 8.31. The van der Waals surface area contributed by atoms with Crippen molar-refractivity contribution in [1.82, 2.24) is 5.32 Å². The molecule has 0 spiro atoms. The molecule has 0 saturated heterocycles. The molecule has 0 radical (unpaired) electrons. The number of benzene rings is 1. The number of carbonyl (C=O) groups excluding carboxylic acids is 1.